The molecule has 0 aliphatic heterocycles. The van der Waals surface area contributed by atoms with Gasteiger partial charge in [-0.2, -0.15) is 0 Å². The minimum Gasteiger partial charge on any atom is -0.298 e. The number of aldehydes is 1. The van der Waals surface area contributed by atoms with Crippen molar-refractivity contribution in [3.63, 3.8) is 0 Å². The Morgan fingerprint density at radius 1 is 0.338 bits per heavy atom. The van der Waals surface area contributed by atoms with Crippen molar-refractivity contribution in [2.75, 3.05) is 0 Å². The molecule has 3 aliphatic rings. The first-order valence-electron chi connectivity index (χ1n) is 28.0. The lowest BCUT2D eigenvalue weighted by Gasteiger charge is -2.39. The van der Waals surface area contributed by atoms with Crippen LogP contribution in [-0.4, -0.2) is 6.29 Å². The maximum Gasteiger partial charge on any atom is 0.150 e. The molecule has 0 saturated heterocycles. The molecule has 0 atom stereocenters. The van der Waals surface area contributed by atoms with E-state index in [1.54, 1.807) is 55.6 Å². The molecular weight excluding hydrogens is 785 g/mol. The Hall–Kier alpha value is -3.45. The lowest BCUT2D eigenvalue weighted by molar-refractivity contribution is 0.112. The van der Waals surface area contributed by atoms with Gasteiger partial charge in [0.05, 0.1) is 0 Å². The quantitative estimate of drug-likeness (QED) is 0.0364. The van der Waals surface area contributed by atoms with Crippen molar-refractivity contribution in [1.82, 2.24) is 0 Å². The van der Waals surface area contributed by atoms with E-state index >= 15 is 0 Å². The van der Waals surface area contributed by atoms with Gasteiger partial charge in [-0.3, -0.25) is 4.79 Å². The molecule has 0 saturated carbocycles. The summed E-state index contributed by atoms with van der Waals surface area (Å²) in [6.07, 6.45) is 39.2. The Balaban J connectivity index is 1.67. The average molecular weight is 875 g/mol. The van der Waals surface area contributed by atoms with E-state index < -0.39 is 0 Å². The number of benzene rings is 4. The summed E-state index contributed by atoms with van der Waals surface area (Å²) in [5, 5.41) is 0. The van der Waals surface area contributed by atoms with Gasteiger partial charge in [-0.25, -0.2) is 0 Å². The zero-order valence-electron chi connectivity index (χ0n) is 42.5. The summed E-state index contributed by atoms with van der Waals surface area (Å²) >= 11 is 0. The maximum absolute atomic E-state index is 13.0. The summed E-state index contributed by atoms with van der Waals surface area (Å²) in [7, 11) is 0. The van der Waals surface area contributed by atoms with Gasteiger partial charge in [-0.05, 0) is 111 Å². The Kier molecular flexibility index (Phi) is 17.9. The summed E-state index contributed by atoms with van der Waals surface area (Å²) < 4.78 is 0. The third-order valence-corrected chi connectivity index (χ3v) is 17.1. The molecular formula is C64H90O. The molecule has 7 rings (SSSR count). The van der Waals surface area contributed by atoms with Gasteiger partial charge in [0.2, 0.25) is 0 Å². The van der Waals surface area contributed by atoms with Gasteiger partial charge in [0, 0.05) is 21.8 Å². The second-order valence-corrected chi connectivity index (χ2v) is 21.4. The molecule has 0 fully saturated rings. The Labute approximate surface area is 398 Å². The fourth-order valence-corrected chi connectivity index (χ4v) is 13.9. The first kappa shape index (κ1) is 49.5. The van der Waals surface area contributed by atoms with Crippen LogP contribution >= 0.6 is 0 Å². The molecule has 4 aromatic carbocycles. The monoisotopic (exact) mass is 875 g/mol. The fourth-order valence-electron chi connectivity index (χ4n) is 13.9. The van der Waals surface area contributed by atoms with Gasteiger partial charge < -0.3 is 0 Å². The first-order chi connectivity index (χ1) is 32.0. The third kappa shape index (κ3) is 9.53. The van der Waals surface area contributed by atoms with Crippen LogP contribution in [0.2, 0.25) is 0 Å². The Bertz CT molecular complexity index is 2100. The van der Waals surface area contributed by atoms with Crippen molar-refractivity contribution in [3.05, 3.63) is 106 Å². The molecule has 0 amide bonds. The zero-order chi connectivity index (χ0) is 45.7. The van der Waals surface area contributed by atoms with Crippen LogP contribution in [-0.2, 0) is 16.2 Å². The van der Waals surface area contributed by atoms with Crippen LogP contribution in [0, 0.1) is 0 Å². The molecule has 0 unspecified atom stereocenters. The minimum absolute atomic E-state index is 0.0287. The largest absolute Gasteiger partial charge is 0.298 e. The van der Waals surface area contributed by atoms with Crippen LogP contribution in [0.1, 0.15) is 278 Å². The predicted octanol–water partition coefficient (Wildman–Crippen LogP) is 20.1. The summed E-state index contributed by atoms with van der Waals surface area (Å²) in [6, 6.07) is 27.0. The van der Waals surface area contributed by atoms with E-state index in [9.17, 15) is 4.79 Å². The summed E-state index contributed by atoms with van der Waals surface area (Å²) in [6.45, 7) is 14.2. The minimum atomic E-state index is -0.136. The van der Waals surface area contributed by atoms with E-state index in [0.717, 1.165) is 11.8 Å². The number of rotatable bonds is 31. The lowest BCUT2D eigenvalue weighted by Crippen LogP contribution is -2.31. The molecule has 1 nitrogen and oxygen atoms in total. The van der Waals surface area contributed by atoms with Crippen LogP contribution < -0.4 is 0 Å². The van der Waals surface area contributed by atoms with Crippen LogP contribution in [0.3, 0.4) is 0 Å². The van der Waals surface area contributed by atoms with Gasteiger partial charge >= 0.3 is 0 Å². The molecule has 0 spiro atoms. The predicted molar refractivity (Wildman–Crippen MR) is 283 cm³/mol. The van der Waals surface area contributed by atoms with Crippen molar-refractivity contribution in [2.24, 2.45) is 0 Å². The number of hydrogen-bond donors (Lipinski definition) is 0. The maximum atomic E-state index is 13.0. The van der Waals surface area contributed by atoms with E-state index in [1.165, 1.54) is 204 Å². The molecule has 352 valence electrons. The zero-order valence-corrected chi connectivity index (χ0v) is 42.5. The fraction of sp³-hybridized carbons (Fsp3) is 0.609. The van der Waals surface area contributed by atoms with Crippen molar-refractivity contribution in [1.29, 1.82) is 0 Å². The number of fused-ring (bicyclic) bond motifs is 12. The lowest BCUT2D eigenvalue weighted by atomic mass is 9.63. The number of carbonyl (C=O) groups excluding carboxylic acids is 1. The highest BCUT2D eigenvalue weighted by Gasteiger charge is 2.57. The SMILES string of the molecule is CCCCCCC1(CCCCCC)c2ccccc2-c2c1c1c(c3c2C(CCCCCC)(CCCCCC)c2cc(C=O)ccc2-3)C(CCCCCC)(CCCCCC)c2ccccc2-1. The van der Waals surface area contributed by atoms with Gasteiger partial charge in [-0.15, -0.1) is 0 Å². The van der Waals surface area contributed by atoms with E-state index in [2.05, 4.69) is 108 Å². The molecule has 65 heavy (non-hydrogen) atoms. The number of unbranched alkanes of at least 4 members (excludes halogenated alkanes) is 18. The van der Waals surface area contributed by atoms with Crippen molar-refractivity contribution in [2.45, 2.75) is 250 Å². The van der Waals surface area contributed by atoms with Crippen molar-refractivity contribution < 1.29 is 4.79 Å². The molecule has 0 heterocycles. The topological polar surface area (TPSA) is 17.1 Å². The standard InChI is InChI=1S/C64H90O/c1-7-13-19-29-41-62(42-30-20-14-8-2)54-38-28-26-36-51(54)57-59(62)56-50-35-25-27-37-53(50)63(43-31-21-15-9-3,44-32-22-16-10-4)60(56)58-52-40-39-49(48-65)47-55(52)64(61(57)58,45-33-23-17-11-5)46-34-24-18-12-6/h25-28,35-40,47-48H,7-24,29-34,41-46H2,1-6H3. The normalized spacial score (nSPS) is 15.4. The van der Waals surface area contributed by atoms with E-state index in [1.807, 2.05) is 0 Å². The molecule has 0 aromatic heterocycles. The average Bonchev–Trinajstić information content (AvgIpc) is 3.89. The third-order valence-electron chi connectivity index (χ3n) is 17.1. The second-order valence-electron chi connectivity index (χ2n) is 21.4. The van der Waals surface area contributed by atoms with Crippen LogP contribution in [0.15, 0.2) is 66.7 Å². The van der Waals surface area contributed by atoms with Crippen molar-refractivity contribution >= 4 is 6.29 Å². The smallest absolute Gasteiger partial charge is 0.150 e. The molecule has 3 aliphatic carbocycles. The van der Waals surface area contributed by atoms with Gasteiger partial charge in [-0.1, -0.05) is 256 Å². The first-order valence-corrected chi connectivity index (χ1v) is 28.0. The number of hydrogen-bond acceptors (Lipinski definition) is 1. The van der Waals surface area contributed by atoms with Gasteiger partial charge in [0.15, 0.2) is 0 Å². The van der Waals surface area contributed by atoms with Gasteiger partial charge in [0.1, 0.15) is 6.29 Å². The molecule has 1 heteroatoms. The van der Waals surface area contributed by atoms with E-state index in [-0.39, 0.29) is 16.2 Å². The molecule has 0 radical (unpaired) electrons. The Morgan fingerprint density at radius 3 is 0.938 bits per heavy atom. The Morgan fingerprint density at radius 2 is 0.631 bits per heavy atom. The molecule has 0 bridgehead atoms. The van der Waals surface area contributed by atoms with Crippen molar-refractivity contribution in [3.8, 4) is 33.4 Å². The highest BCUT2D eigenvalue weighted by Crippen LogP contribution is 2.71. The van der Waals surface area contributed by atoms with Gasteiger partial charge in [0.25, 0.3) is 0 Å². The second kappa shape index (κ2) is 23.5. The highest BCUT2D eigenvalue weighted by atomic mass is 16.1. The van der Waals surface area contributed by atoms with E-state index in [4.69, 9.17) is 0 Å². The van der Waals surface area contributed by atoms with Crippen LogP contribution in [0.4, 0.5) is 0 Å². The van der Waals surface area contributed by atoms with Crippen LogP contribution in [0.5, 0.6) is 0 Å². The summed E-state index contributed by atoms with van der Waals surface area (Å²) in [5.74, 6) is 0. The van der Waals surface area contributed by atoms with E-state index in [0.29, 0.717) is 0 Å². The number of carbonyl (C=O) groups is 1. The summed E-state index contributed by atoms with van der Waals surface area (Å²) in [5.41, 5.74) is 20.0. The summed E-state index contributed by atoms with van der Waals surface area (Å²) in [4.78, 5) is 13.0. The molecule has 0 N–H and O–H groups in total. The highest BCUT2D eigenvalue weighted by molar-refractivity contribution is 6.05. The molecule has 4 aromatic rings. The van der Waals surface area contributed by atoms with Crippen LogP contribution in [0.25, 0.3) is 33.4 Å².